The van der Waals surface area contributed by atoms with Crippen molar-refractivity contribution >= 4 is 0 Å². The Morgan fingerprint density at radius 1 is 1.06 bits per heavy atom. The lowest BCUT2D eigenvalue weighted by atomic mass is 9.85. The van der Waals surface area contributed by atoms with Crippen LogP contribution in [-0.2, 0) is 4.74 Å². The molecule has 2 aliphatic rings. The van der Waals surface area contributed by atoms with Gasteiger partial charge in [-0.2, -0.15) is 0 Å². The topological polar surface area (TPSA) is 21.3 Å². The van der Waals surface area contributed by atoms with E-state index in [1.54, 1.807) is 0 Å². The van der Waals surface area contributed by atoms with E-state index < -0.39 is 0 Å². The summed E-state index contributed by atoms with van der Waals surface area (Å²) in [6.45, 7) is 4.48. The minimum atomic E-state index is 0.574. The Hall–Kier alpha value is -0.0800. The standard InChI is InChI=1S/C15H29NO/c1-2-13-7-3-4-8-15(13)17-12-6-5-11-16-14-9-10-14/h13-16H,2-12H2,1H3. The van der Waals surface area contributed by atoms with E-state index in [0.29, 0.717) is 6.10 Å². The van der Waals surface area contributed by atoms with Crippen LogP contribution in [0.25, 0.3) is 0 Å². The van der Waals surface area contributed by atoms with E-state index in [1.807, 2.05) is 0 Å². The summed E-state index contributed by atoms with van der Waals surface area (Å²) in [5, 5.41) is 3.56. The van der Waals surface area contributed by atoms with Crippen LogP contribution in [0.2, 0.25) is 0 Å². The van der Waals surface area contributed by atoms with Crippen molar-refractivity contribution < 1.29 is 4.74 Å². The molecule has 2 unspecified atom stereocenters. The molecule has 0 radical (unpaired) electrons. The van der Waals surface area contributed by atoms with Crippen molar-refractivity contribution in [1.82, 2.24) is 5.32 Å². The molecule has 0 heterocycles. The normalized spacial score (nSPS) is 29.5. The van der Waals surface area contributed by atoms with Crippen LogP contribution in [0.15, 0.2) is 0 Å². The van der Waals surface area contributed by atoms with Crippen molar-refractivity contribution in [1.29, 1.82) is 0 Å². The molecule has 0 spiro atoms. The molecule has 2 rings (SSSR count). The van der Waals surface area contributed by atoms with Crippen LogP contribution in [-0.4, -0.2) is 25.3 Å². The molecule has 0 bridgehead atoms. The van der Waals surface area contributed by atoms with E-state index >= 15 is 0 Å². The highest BCUT2D eigenvalue weighted by Crippen LogP contribution is 2.29. The van der Waals surface area contributed by atoms with Crippen LogP contribution in [0.5, 0.6) is 0 Å². The Labute approximate surface area is 107 Å². The SMILES string of the molecule is CCC1CCCCC1OCCCCNC1CC1. The van der Waals surface area contributed by atoms with Gasteiger partial charge in [-0.3, -0.25) is 0 Å². The summed E-state index contributed by atoms with van der Waals surface area (Å²) in [5.41, 5.74) is 0. The third-order valence-electron chi connectivity index (χ3n) is 4.28. The van der Waals surface area contributed by atoms with Crippen molar-refractivity contribution in [2.45, 2.75) is 76.9 Å². The lowest BCUT2D eigenvalue weighted by molar-refractivity contribution is -0.0133. The van der Waals surface area contributed by atoms with Gasteiger partial charge < -0.3 is 10.1 Å². The molecule has 1 N–H and O–H groups in total. The van der Waals surface area contributed by atoms with Gasteiger partial charge in [0.25, 0.3) is 0 Å². The maximum atomic E-state index is 6.08. The van der Waals surface area contributed by atoms with Crippen molar-refractivity contribution in [3.63, 3.8) is 0 Å². The first kappa shape index (κ1) is 13.4. The van der Waals surface area contributed by atoms with Crippen LogP contribution in [0, 0.1) is 5.92 Å². The molecule has 100 valence electrons. The Bertz CT molecular complexity index is 203. The summed E-state index contributed by atoms with van der Waals surface area (Å²) in [7, 11) is 0. The molecule has 17 heavy (non-hydrogen) atoms. The van der Waals surface area contributed by atoms with Gasteiger partial charge in [0, 0.05) is 12.6 Å². The number of hydrogen-bond acceptors (Lipinski definition) is 2. The number of hydrogen-bond donors (Lipinski definition) is 1. The maximum absolute atomic E-state index is 6.08. The highest BCUT2D eigenvalue weighted by atomic mass is 16.5. The van der Waals surface area contributed by atoms with Crippen molar-refractivity contribution in [2.75, 3.05) is 13.2 Å². The molecule has 2 atom stereocenters. The van der Waals surface area contributed by atoms with E-state index in [-0.39, 0.29) is 0 Å². The van der Waals surface area contributed by atoms with Gasteiger partial charge in [-0.05, 0) is 51.0 Å². The van der Waals surface area contributed by atoms with Gasteiger partial charge in [-0.1, -0.05) is 26.2 Å². The second kappa shape index (κ2) is 7.38. The fraction of sp³-hybridized carbons (Fsp3) is 1.00. The van der Waals surface area contributed by atoms with Gasteiger partial charge in [0.1, 0.15) is 0 Å². The van der Waals surface area contributed by atoms with E-state index in [9.17, 15) is 0 Å². The van der Waals surface area contributed by atoms with Crippen LogP contribution >= 0.6 is 0 Å². The highest BCUT2D eigenvalue weighted by Gasteiger charge is 2.24. The molecule has 2 nitrogen and oxygen atoms in total. The van der Waals surface area contributed by atoms with E-state index in [1.165, 1.54) is 64.3 Å². The molecule has 2 saturated carbocycles. The first-order chi connectivity index (χ1) is 8.40. The fourth-order valence-corrected chi connectivity index (χ4v) is 2.92. The third kappa shape index (κ3) is 4.97. The quantitative estimate of drug-likeness (QED) is 0.655. The molecule has 0 saturated heterocycles. The van der Waals surface area contributed by atoms with Gasteiger partial charge in [-0.15, -0.1) is 0 Å². The van der Waals surface area contributed by atoms with Gasteiger partial charge >= 0.3 is 0 Å². The molecule has 0 amide bonds. The summed E-state index contributed by atoms with van der Waals surface area (Å²) in [5.74, 6) is 0.841. The molecule has 2 heteroatoms. The minimum absolute atomic E-state index is 0.574. The Kier molecular flexibility index (Phi) is 5.79. The van der Waals surface area contributed by atoms with Crippen LogP contribution < -0.4 is 5.32 Å². The second-order valence-electron chi connectivity index (χ2n) is 5.80. The Balaban J connectivity index is 1.47. The summed E-state index contributed by atoms with van der Waals surface area (Å²) < 4.78 is 6.08. The zero-order chi connectivity index (χ0) is 11.9. The van der Waals surface area contributed by atoms with Crippen molar-refractivity contribution in [3.05, 3.63) is 0 Å². The first-order valence-corrected chi connectivity index (χ1v) is 7.75. The van der Waals surface area contributed by atoms with E-state index in [2.05, 4.69) is 12.2 Å². The van der Waals surface area contributed by atoms with Crippen molar-refractivity contribution in [2.24, 2.45) is 5.92 Å². The molecule has 2 aliphatic carbocycles. The first-order valence-electron chi connectivity index (χ1n) is 7.75. The maximum Gasteiger partial charge on any atom is 0.0603 e. The Morgan fingerprint density at radius 3 is 2.65 bits per heavy atom. The predicted octanol–water partition coefficient (Wildman–Crippen LogP) is 3.50. The van der Waals surface area contributed by atoms with E-state index in [0.717, 1.165) is 18.6 Å². The lowest BCUT2D eigenvalue weighted by Gasteiger charge is -2.30. The average molecular weight is 239 g/mol. The summed E-state index contributed by atoms with van der Waals surface area (Å²) in [6.07, 6.45) is 12.7. The summed E-state index contributed by atoms with van der Waals surface area (Å²) >= 11 is 0. The smallest absolute Gasteiger partial charge is 0.0603 e. The fourth-order valence-electron chi connectivity index (χ4n) is 2.92. The second-order valence-corrected chi connectivity index (χ2v) is 5.80. The van der Waals surface area contributed by atoms with Gasteiger partial charge in [-0.25, -0.2) is 0 Å². The Morgan fingerprint density at radius 2 is 1.88 bits per heavy atom. The average Bonchev–Trinajstić information content (AvgIpc) is 3.18. The lowest BCUT2D eigenvalue weighted by Crippen LogP contribution is -2.27. The zero-order valence-electron chi connectivity index (χ0n) is 11.4. The molecule has 0 aromatic rings. The molecule has 2 fully saturated rings. The number of rotatable bonds is 8. The molecule has 0 aromatic carbocycles. The summed E-state index contributed by atoms with van der Waals surface area (Å²) in [4.78, 5) is 0. The monoisotopic (exact) mass is 239 g/mol. The van der Waals surface area contributed by atoms with Crippen LogP contribution in [0.1, 0.15) is 64.7 Å². The van der Waals surface area contributed by atoms with Crippen LogP contribution in [0.3, 0.4) is 0 Å². The van der Waals surface area contributed by atoms with E-state index in [4.69, 9.17) is 4.74 Å². The molecule has 0 aliphatic heterocycles. The van der Waals surface area contributed by atoms with Gasteiger partial charge in [0.2, 0.25) is 0 Å². The largest absolute Gasteiger partial charge is 0.378 e. The van der Waals surface area contributed by atoms with Gasteiger partial charge in [0.05, 0.1) is 6.10 Å². The molecular formula is C15H29NO. The number of nitrogens with one attached hydrogen (secondary N) is 1. The van der Waals surface area contributed by atoms with Gasteiger partial charge in [0.15, 0.2) is 0 Å². The number of ether oxygens (including phenoxy) is 1. The molecule has 0 aromatic heterocycles. The highest BCUT2D eigenvalue weighted by molar-refractivity contribution is 4.80. The third-order valence-corrected chi connectivity index (χ3v) is 4.28. The van der Waals surface area contributed by atoms with Crippen molar-refractivity contribution in [3.8, 4) is 0 Å². The minimum Gasteiger partial charge on any atom is -0.378 e. The molecular weight excluding hydrogens is 210 g/mol. The zero-order valence-corrected chi connectivity index (χ0v) is 11.4. The number of unbranched alkanes of at least 4 members (excludes halogenated alkanes) is 1. The summed E-state index contributed by atoms with van der Waals surface area (Å²) in [6, 6.07) is 0.860. The predicted molar refractivity (Wildman–Crippen MR) is 72.2 cm³/mol. The van der Waals surface area contributed by atoms with Crippen LogP contribution in [0.4, 0.5) is 0 Å².